The van der Waals surface area contributed by atoms with E-state index in [2.05, 4.69) is 63.9 Å². The van der Waals surface area contributed by atoms with Gasteiger partial charge in [-0.3, -0.25) is 15.3 Å². The summed E-state index contributed by atoms with van der Waals surface area (Å²) in [5.41, 5.74) is 4.73. The average Bonchev–Trinajstić information content (AvgIpc) is 3.78. The van der Waals surface area contributed by atoms with Crippen LogP contribution in [0.1, 0.15) is 68.2 Å². The van der Waals surface area contributed by atoms with Crippen molar-refractivity contribution in [1.29, 1.82) is 5.41 Å². The second kappa shape index (κ2) is 15.5. The van der Waals surface area contributed by atoms with E-state index in [1.807, 2.05) is 17.0 Å². The fourth-order valence-electron chi connectivity index (χ4n) is 8.13. The fraction of sp³-hybridized carbons (Fsp3) is 0.538. The van der Waals surface area contributed by atoms with Crippen molar-refractivity contribution in [3.63, 3.8) is 0 Å². The topological polar surface area (TPSA) is 75.2 Å². The van der Waals surface area contributed by atoms with Gasteiger partial charge in [-0.05, 0) is 85.7 Å². The van der Waals surface area contributed by atoms with Crippen molar-refractivity contribution in [2.45, 2.75) is 95.3 Å². The number of hydrogen-bond acceptors (Lipinski definition) is 5. The number of alkyl halides is 6. The highest BCUT2D eigenvalue weighted by Crippen LogP contribution is 2.37. The Morgan fingerprint density at radius 3 is 2.27 bits per heavy atom. The van der Waals surface area contributed by atoms with Gasteiger partial charge in [0.25, 0.3) is 0 Å². The Bertz CT molecular complexity index is 1710. The molecule has 0 aromatic heterocycles. The maximum Gasteiger partial charge on any atom is 0.416 e. The van der Waals surface area contributed by atoms with E-state index in [0.717, 1.165) is 73.7 Å². The summed E-state index contributed by atoms with van der Waals surface area (Å²) in [5.74, 6) is 0.848. The van der Waals surface area contributed by atoms with Crippen LogP contribution >= 0.6 is 0 Å². The fourth-order valence-corrected chi connectivity index (χ4v) is 8.13. The first-order chi connectivity index (χ1) is 24.7. The Morgan fingerprint density at radius 2 is 1.62 bits per heavy atom. The summed E-state index contributed by atoms with van der Waals surface area (Å²) in [5, 5.41) is 11.8. The highest BCUT2D eigenvalue weighted by Gasteiger charge is 2.41. The van der Waals surface area contributed by atoms with Crippen LogP contribution in [0.15, 0.2) is 65.7 Å². The molecule has 0 bridgehead atoms. The number of nitrogens with two attached hydrogens (primary N) is 1. The lowest BCUT2D eigenvalue weighted by Crippen LogP contribution is -2.52. The molecule has 0 amide bonds. The molecule has 2 fully saturated rings. The smallest absolute Gasteiger partial charge is 0.370 e. The summed E-state index contributed by atoms with van der Waals surface area (Å²) >= 11 is 0. The van der Waals surface area contributed by atoms with Crippen LogP contribution in [0.3, 0.4) is 0 Å². The molecule has 0 aliphatic carbocycles. The zero-order valence-electron chi connectivity index (χ0n) is 29.9. The van der Waals surface area contributed by atoms with Gasteiger partial charge in [-0.15, -0.1) is 0 Å². The summed E-state index contributed by atoms with van der Waals surface area (Å²) in [6.45, 7) is 8.00. The Hall–Kier alpha value is -4.00. The summed E-state index contributed by atoms with van der Waals surface area (Å²) in [6.07, 6.45) is -4.53. The van der Waals surface area contributed by atoms with Gasteiger partial charge in [0, 0.05) is 50.3 Å². The lowest BCUT2D eigenvalue weighted by molar-refractivity contribution is -0.143. The van der Waals surface area contributed by atoms with Gasteiger partial charge in [-0.2, -0.15) is 26.3 Å². The lowest BCUT2D eigenvalue weighted by atomic mass is 10.00. The van der Waals surface area contributed by atoms with Crippen molar-refractivity contribution in [3.05, 3.63) is 82.9 Å². The molecule has 13 heteroatoms. The van der Waals surface area contributed by atoms with Crippen molar-refractivity contribution in [2.75, 3.05) is 39.3 Å². The van der Waals surface area contributed by atoms with Gasteiger partial charge in [0.1, 0.15) is 0 Å². The Labute approximate surface area is 301 Å². The van der Waals surface area contributed by atoms with Gasteiger partial charge in [0.05, 0.1) is 17.7 Å². The number of likely N-dealkylation sites (tertiary alicyclic amines) is 1. The van der Waals surface area contributed by atoms with Gasteiger partial charge in [0.2, 0.25) is 0 Å². The predicted octanol–water partition coefficient (Wildman–Crippen LogP) is 7.63. The molecule has 2 saturated heterocycles. The van der Waals surface area contributed by atoms with E-state index in [0.29, 0.717) is 32.0 Å². The molecule has 1 unspecified atom stereocenters. The zero-order chi connectivity index (χ0) is 37.2. The first kappa shape index (κ1) is 37.7. The van der Waals surface area contributed by atoms with Crippen molar-refractivity contribution in [3.8, 4) is 0 Å². The number of fused-ring (bicyclic) bond motifs is 1. The third kappa shape index (κ3) is 8.61. The summed E-state index contributed by atoms with van der Waals surface area (Å²) in [6, 6.07) is 16.8. The standard InChI is InChI=1S/C39H49F6N7/c1-3-4-10-34-25-52(37(47)50(34)16-14-28-18-31(38(40,41)42)21-32(19-28)39(43,44)45)35(20-27-12-13-29-8-5-6-9-30(29)17-27)23-49-15-7-11-33(49)24-51-26(2)22-48-36(51)46/h5-6,8-9,12-13,17-19,21,26,33-35,47H,3-4,7,10-11,14-16,20,22-25H2,1-2H3,(H2,46,48)/t26-,33?,34+,35+/m0/s1. The Balaban J connectivity index is 1.27. The van der Waals surface area contributed by atoms with Crippen LogP contribution in [0.4, 0.5) is 26.3 Å². The third-order valence-corrected chi connectivity index (χ3v) is 11.0. The molecule has 0 radical (unpaired) electrons. The predicted molar refractivity (Wildman–Crippen MR) is 193 cm³/mol. The van der Waals surface area contributed by atoms with Crippen LogP contribution in [0.5, 0.6) is 0 Å². The number of nitrogens with one attached hydrogen (secondary N) is 1. The van der Waals surface area contributed by atoms with Crippen LogP contribution in [0.2, 0.25) is 0 Å². The molecule has 52 heavy (non-hydrogen) atoms. The van der Waals surface area contributed by atoms with Crippen molar-refractivity contribution in [2.24, 2.45) is 10.7 Å². The molecule has 4 atom stereocenters. The third-order valence-electron chi connectivity index (χ3n) is 11.0. The number of rotatable bonds is 13. The molecule has 282 valence electrons. The van der Waals surface area contributed by atoms with E-state index >= 15 is 0 Å². The minimum atomic E-state index is -4.91. The minimum Gasteiger partial charge on any atom is -0.370 e. The zero-order valence-corrected chi connectivity index (χ0v) is 29.9. The maximum absolute atomic E-state index is 13.7. The first-order valence-electron chi connectivity index (χ1n) is 18.4. The number of nitrogens with zero attached hydrogens (tertiary/aromatic N) is 5. The Kier molecular flexibility index (Phi) is 11.3. The second-order valence-electron chi connectivity index (χ2n) is 14.7. The molecule has 6 rings (SSSR count). The Morgan fingerprint density at radius 1 is 0.904 bits per heavy atom. The molecule has 0 spiro atoms. The molecule has 3 N–H and O–H groups in total. The molecule has 7 nitrogen and oxygen atoms in total. The molecule has 3 aliphatic heterocycles. The average molecular weight is 730 g/mol. The normalized spacial score (nSPS) is 22.2. The van der Waals surface area contributed by atoms with Gasteiger partial charge >= 0.3 is 12.4 Å². The van der Waals surface area contributed by atoms with E-state index in [4.69, 9.17) is 5.73 Å². The summed E-state index contributed by atoms with van der Waals surface area (Å²) < 4.78 is 81.9. The molecular formula is C39H49F6N7. The molecule has 0 saturated carbocycles. The van der Waals surface area contributed by atoms with E-state index in [-0.39, 0.29) is 54.7 Å². The number of unbranched alkanes of at least 4 members (excludes halogenated alkanes) is 1. The number of hydrogen-bond donors (Lipinski definition) is 2. The van der Waals surface area contributed by atoms with Crippen molar-refractivity contribution in [1.82, 2.24) is 19.6 Å². The largest absolute Gasteiger partial charge is 0.416 e. The van der Waals surface area contributed by atoms with Gasteiger partial charge in [-0.1, -0.05) is 62.2 Å². The van der Waals surface area contributed by atoms with E-state index < -0.39 is 23.5 Å². The number of guanidine groups is 2. The molecule has 3 aliphatic rings. The maximum atomic E-state index is 13.7. The monoisotopic (exact) mass is 729 g/mol. The van der Waals surface area contributed by atoms with Crippen LogP contribution in [0.25, 0.3) is 10.8 Å². The van der Waals surface area contributed by atoms with Gasteiger partial charge in [-0.25, -0.2) is 0 Å². The van der Waals surface area contributed by atoms with Crippen molar-refractivity contribution >= 4 is 22.7 Å². The highest BCUT2D eigenvalue weighted by molar-refractivity contribution is 5.83. The second-order valence-corrected chi connectivity index (χ2v) is 14.7. The SMILES string of the molecule is CCCC[C@@H]1CN([C@H](Cc2ccc3ccccc3c2)CN2CCCC2CN2C(N)=NC[C@@H]2C)C(=N)N1CCc1cc(C(F)(F)F)cc(C(F)(F)F)c1. The molecule has 3 heterocycles. The van der Waals surface area contributed by atoms with Gasteiger partial charge in [0.15, 0.2) is 11.9 Å². The van der Waals surface area contributed by atoms with Gasteiger partial charge < -0.3 is 20.4 Å². The van der Waals surface area contributed by atoms with Crippen LogP contribution in [0, 0.1) is 5.41 Å². The van der Waals surface area contributed by atoms with Crippen LogP contribution < -0.4 is 5.73 Å². The molecule has 3 aromatic carbocycles. The lowest BCUT2D eigenvalue weighted by Gasteiger charge is -2.37. The first-order valence-corrected chi connectivity index (χ1v) is 18.4. The summed E-state index contributed by atoms with van der Waals surface area (Å²) in [7, 11) is 0. The summed E-state index contributed by atoms with van der Waals surface area (Å²) in [4.78, 5) is 13.2. The molecule has 3 aromatic rings. The quantitative estimate of drug-likeness (QED) is 0.177. The van der Waals surface area contributed by atoms with Crippen molar-refractivity contribution < 1.29 is 26.3 Å². The van der Waals surface area contributed by atoms with Crippen LogP contribution in [-0.4, -0.2) is 95.0 Å². The van der Waals surface area contributed by atoms with E-state index in [1.54, 1.807) is 0 Å². The number of aliphatic imine (C=N–C) groups is 1. The van der Waals surface area contributed by atoms with E-state index in [1.165, 1.54) is 0 Å². The van der Waals surface area contributed by atoms with E-state index in [9.17, 15) is 31.8 Å². The number of benzene rings is 3. The minimum absolute atomic E-state index is 0.0470. The number of halogens is 6. The molecular weight excluding hydrogens is 680 g/mol. The van der Waals surface area contributed by atoms with Crippen LogP contribution in [-0.2, 0) is 25.2 Å². The highest BCUT2D eigenvalue weighted by atomic mass is 19.4.